The third kappa shape index (κ3) is 8.40. The summed E-state index contributed by atoms with van der Waals surface area (Å²) < 4.78 is 4.90. The van der Waals surface area contributed by atoms with Gasteiger partial charge in [-0.1, -0.05) is 15.9 Å². The Bertz CT molecular complexity index is 53.6. The maximum atomic E-state index is 4.90. The van der Waals surface area contributed by atoms with Crippen molar-refractivity contribution in [1.29, 1.82) is 0 Å². The number of hydrogen-bond donors (Lipinski definition) is 1. The Morgan fingerprint density at radius 3 is 2.60 bits per heavy atom. The number of halogens is 1. The van der Waals surface area contributed by atoms with Crippen molar-refractivity contribution in [3.8, 4) is 0 Å². The van der Waals surface area contributed by atoms with Gasteiger partial charge in [0.1, 0.15) is 0 Å². The van der Waals surface area contributed by atoms with E-state index < -0.39 is 0 Å². The molecule has 0 rings (SSSR count). The summed E-state index contributed by atoms with van der Waals surface area (Å²) in [6.07, 6.45) is 2.31. The molecule has 0 heterocycles. The Labute approximate surface area is 71.5 Å². The van der Waals surface area contributed by atoms with Crippen molar-refractivity contribution < 1.29 is 4.74 Å². The van der Waals surface area contributed by atoms with Crippen LogP contribution in [0.3, 0.4) is 0 Å². The maximum Gasteiger partial charge on any atom is 0.0474 e. The minimum Gasteiger partial charge on any atom is -0.385 e. The molecule has 0 bridgehead atoms. The molecule has 62 valence electrons. The summed E-state index contributed by atoms with van der Waals surface area (Å²) >= 11 is 3.37. The van der Waals surface area contributed by atoms with E-state index in [2.05, 4.69) is 21.2 Å². The molecule has 0 fully saturated rings. The first-order valence-corrected chi connectivity index (χ1v) is 4.79. The lowest BCUT2D eigenvalue weighted by Gasteiger charge is -2.01. The smallest absolute Gasteiger partial charge is 0.0474 e. The van der Waals surface area contributed by atoms with E-state index in [1.165, 1.54) is 6.42 Å². The molecule has 1 N–H and O–H groups in total. The van der Waals surface area contributed by atoms with Gasteiger partial charge in [0.2, 0.25) is 0 Å². The first-order valence-electron chi connectivity index (χ1n) is 3.67. The number of rotatable bonds is 7. The second kappa shape index (κ2) is 9.40. The van der Waals surface area contributed by atoms with Gasteiger partial charge in [0.15, 0.2) is 0 Å². The summed E-state index contributed by atoms with van der Waals surface area (Å²) in [5.74, 6) is 0. The van der Waals surface area contributed by atoms with Crippen molar-refractivity contribution in [2.45, 2.75) is 12.8 Å². The molecule has 0 spiro atoms. The fourth-order valence-electron chi connectivity index (χ4n) is 0.658. The number of hydrogen-bond acceptors (Lipinski definition) is 2. The Balaban J connectivity index is 2.65. The zero-order valence-corrected chi connectivity index (χ0v) is 8.11. The van der Waals surface area contributed by atoms with Crippen molar-refractivity contribution in [1.82, 2.24) is 5.32 Å². The minimum atomic E-state index is 0.862. The summed E-state index contributed by atoms with van der Waals surface area (Å²) in [7, 11) is 1.73. The highest BCUT2D eigenvalue weighted by atomic mass is 79.9. The standard InChI is InChI=1S/C7H16BrNO/c1-10-7-3-6-9-5-2-4-8/h9H,2-7H2,1H3. The molecule has 0 saturated heterocycles. The first kappa shape index (κ1) is 10.4. The zero-order valence-electron chi connectivity index (χ0n) is 6.53. The number of alkyl halides is 1. The van der Waals surface area contributed by atoms with E-state index in [1.807, 2.05) is 0 Å². The lowest BCUT2D eigenvalue weighted by atomic mass is 10.4. The van der Waals surface area contributed by atoms with Crippen LogP contribution in [0.25, 0.3) is 0 Å². The van der Waals surface area contributed by atoms with Gasteiger partial charge in [0.25, 0.3) is 0 Å². The van der Waals surface area contributed by atoms with Gasteiger partial charge < -0.3 is 10.1 Å². The lowest BCUT2D eigenvalue weighted by Crippen LogP contribution is -2.18. The molecule has 3 heteroatoms. The quantitative estimate of drug-likeness (QED) is 0.506. The van der Waals surface area contributed by atoms with Crippen LogP contribution < -0.4 is 5.32 Å². The van der Waals surface area contributed by atoms with Gasteiger partial charge in [-0.15, -0.1) is 0 Å². The second-order valence-corrected chi connectivity index (χ2v) is 2.93. The molecule has 2 nitrogen and oxygen atoms in total. The zero-order chi connectivity index (χ0) is 7.66. The SMILES string of the molecule is COCCCNCCCBr. The predicted molar refractivity (Wildman–Crippen MR) is 47.8 cm³/mol. The average molecular weight is 210 g/mol. The first-order chi connectivity index (χ1) is 4.91. The molecule has 0 aromatic carbocycles. The van der Waals surface area contributed by atoms with Gasteiger partial charge in [0.05, 0.1) is 0 Å². The molecule has 0 radical (unpaired) electrons. The van der Waals surface area contributed by atoms with Crippen LogP contribution in [0.1, 0.15) is 12.8 Å². The highest BCUT2D eigenvalue weighted by Gasteiger charge is 1.85. The normalized spacial score (nSPS) is 10.2. The van der Waals surface area contributed by atoms with Gasteiger partial charge in [-0.05, 0) is 25.9 Å². The number of ether oxygens (including phenoxy) is 1. The maximum absolute atomic E-state index is 4.90. The van der Waals surface area contributed by atoms with Gasteiger partial charge >= 0.3 is 0 Å². The molecule has 0 aromatic heterocycles. The van der Waals surface area contributed by atoms with E-state index in [0.29, 0.717) is 0 Å². The Hall–Kier alpha value is 0.400. The van der Waals surface area contributed by atoms with Crippen LogP contribution in [0.5, 0.6) is 0 Å². The molecular weight excluding hydrogens is 194 g/mol. The predicted octanol–water partition coefficient (Wildman–Crippen LogP) is 1.40. The topological polar surface area (TPSA) is 21.3 Å². The Kier molecular flexibility index (Phi) is 9.78. The summed E-state index contributed by atoms with van der Waals surface area (Å²) in [6.45, 7) is 3.04. The highest BCUT2D eigenvalue weighted by molar-refractivity contribution is 9.09. The van der Waals surface area contributed by atoms with Gasteiger partial charge in [-0.25, -0.2) is 0 Å². The molecule has 0 saturated carbocycles. The number of nitrogens with one attached hydrogen (secondary N) is 1. The summed E-state index contributed by atoms with van der Waals surface area (Å²) in [5, 5.41) is 4.40. The molecule has 0 aliphatic rings. The van der Waals surface area contributed by atoms with Gasteiger partial charge in [-0.2, -0.15) is 0 Å². The van der Waals surface area contributed by atoms with Crippen LogP contribution in [0, 0.1) is 0 Å². The average Bonchev–Trinajstić information content (AvgIpc) is 1.97. The molecular formula is C7H16BrNO. The molecule has 0 unspecified atom stereocenters. The van der Waals surface area contributed by atoms with Crippen molar-refractivity contribution >= 4 is 15.9 Å². The van der Waals surface area contributed by atoms with Crippen molar-refractivity contribution in [2.24, 2.45) is 0 Å². The monoisotopic (exact) mass is 209 g/mol. The molecule has 0 aliphatic carbocycles. The fourth-order valence-corrected chi connectivity index (χ4v) is 0.939. The van der Waals surface area contributed by atoms with Gasteiger partial charge in [0, 0.05) is 19.0 Å². The Morgan fingerprint density at radius 1 is 1.30 bits per heavy atom. The van der Waals surface area contributed by atoms with Crippen LogP contribution in [-0.4, -0.2) is 32.1 Å². The van der Waals surface area contributed by atoms with E-state index >= 15 is 0 Å². The lowest BCUT2D eigenvalue weighted by molar-refractivity contribution is 0.194. The van der Waals surface area contributed by atoms with E-state index in [1.54, 1.807) is 7.11 Å². The van der Waals surface area contributed by atoms with Crippen LogP contribution in [0.15, 0.2) is 0 Å². The van der Waals surface area contributed by atoms with Crippen LogP contribution in [0.2, 0.25) is 0 Å². The minimum absolute atomic E-state index is 0.862. The van der Waals surface area contributed by atoms with E-state index in [4.69, 9.17) is 4.74 Å². The molecule has 0 atom stereocenters. The summed E-state index contributed by atoms with van der Waals surface area (Å²) in [4.78, 5) is 0. The van der Waals surface area contributed by atoms with E-state index in [9.17, 15) is 0 Å². The van der Waals surface area contributed by atoms with Crippen LogP contribution >= 0.6 is 15.9 Å². The Morgan fingerprint density at radius 2 is 2.00 bits per heavy atom. The molecule has 0 amide bonds. The number of methoxy groups -OCH3 is 1. The largest absolute Gasteiger partial charge is 0.385 e. The van der Waals surface area contributed by atoms with Gasteiger partial charge in [-0.3, -0.25) is 0 Å². The second-order valence-electron chi connectivity index (χ2n) is 2.14. The molecule has 0 aromatic rings. The third-order valence-electron chi connectivity index (χ3n) is 1.19. The van der Waals surface area contributed by atoms with Crippen molar-refractivity contribution in [2.75, 3.05) is 32.1 Å². The van der Waals surface area contributed by atoms with Crippen LogP contribution in [-0.2, 0) is 4.74 Å². The molecule has 10 heavy (non-hydrogen) atoms. The third-order valence-corrected chi connectivity index (χ3v) is 1.75. The molecule has 0 aliphatic heterocycles. The summed E-state index contributed by atoms with van der Waals surface area (Å²) in [6, 6.07) is 0. The van der Waals surface area contributed by atoms with Crippen molar-refractivity contribution in [3.05, 3.63) is 0 Å². The van der Waals surface area contributed by atoms with E-state index in [0.717, 1.165) is 31.4 Å². The summed E-state index contributed by atoms with van der Waals surface area (Å²) in [5.41, 5.74) is 0. The van der Waals surface area contributed by atoms with E-state index in [-0.39, 0.29) is 0 Å². The highest BCUT2D eigenvalue weighted by Crippen LogP contribution is 1.84. The fraction of sp³-hybridized carbons (Fsp3) is 1.00. The van der Waals surface area contributed by atoms with Crippen LogP contribution in [0.4, 0.5) is 0 Å². The van der Waals surface area contributed by atoms with Crippen molar-refractivity contribution in [3.63, 3.8) is 0 Å².